The van der Waals surface area contributed by atoms with Crippen LogP contribution >= 0.6 is 0 Å². The number of aliphatic imine (C=N–C) groups is 1. The van der Waals surface area contributed by atoms with Gasteiger partial charge in [-0.2, -0.15) is 0 Å². The summed E-state index contributed by atoms with van der Waals surface area (Å²) in [4.78, 5) is 18.5. The summed E-state index contributed by atoms with van der Waals surface area (Å²) in [6.45, 7) is 6.49. The second kappa shape index (κ2) is 10.8. The van der Waals surface area contributed by atoms with E-state index in [1.54, 1.807) is 19.2 Å². The Morgan fingerprint density at radius 2 is 2.08 bits per heavy atom. The zero-order chi connectivity index (χ0) is 17.9. The molecule has 1 fully saturated rings. The number of furan rings is 1. The minimum Gasteiger partial charge on any atom is -0.459 e. The van der Waals surface area contributed by atoms with Gasteiger partial charge in [0, 0.05) is 39.3 Å². The molecule has 2 heterocycles. The quantitative estimate of drug-likeness (QED) is 0.376. The molecule has 0 saturated carbocycles. The summed E-state index contributed by atoms with van der Waals surface area (Å²) < 4.78 is 5.05. The minimum atomic E-state index is -0.203. The number of guanidine groups is 1. The molecule has 0 spiro atoms. The van der Waals surface area contributed by atoms with Gasteiger partial charge in [-0.1, -0.05) is 13.3 Å². The average Bonchev–Trinajstić information content (AvgIpc) is 3.18. The van der Waals surface area contributed by atoms with E-state index < -0.39 is 0 Å². The van der Waals surface area contributed by atoms with Crippen LogP contribution in [0.25, 0.3) is 0 Å². The zero-order valence-electron chi connectivity index (χ0n) is 15.4. The van der Waals surface area contributed by atoms with E-state index in [4.69, 9.17) is 4.42 Å². The van der Waals surface area contributed by atoms with Gasteiger partial charge < -0.3 is 20.4 Å². The topological polar surface area (TPSA) is 81.9 Å². The van der Waals surface area contributed by atoms with Crippen LogP contribution in [0.5, 0.6) is 0 Å². The normalized spacial score (nSPS) is 18.8. The number of carbonyl (C=O) groups excluding carboxylic acids is 1. The molecule has 0 bridgehead atoms. The Bertz CT molecular complexity index is 530. The monoisotopic (exact) mass is 349 g/mol. The van der Waals surface area contributed by atoms with Crippen molar-refractivity contribution < 1.29 is 9.21 Å². The molecule has 1 atom stereocenters. The van der Waals surface area contributed by atoms with Crippen LogP contribution in [0.2, 0.25) is 0 Å². The van der Waals surface area contributed by atoms with E-state index in [1.165, 1.54) is 38.5 Å². The molecule has 1 aliphatic heterocycles. The number of rotatable bonds is 8. The van der Waals surface area contributed by atoms with Crippen molar-refractivity contribution in [2.75, 3.05) is 39.8 Å². The predicted molar refractivity (Wildman–Crippen MR) is 99.9 cm³/mol. The predicted octanol–water partition coefficient (Wildman–Crippen LogP) is 1.44. The molecular formula is C18H31N5O2. The van der Waals surface area contributed by atoms with Gasteiger partial charge in [0.05, 0.1) is 6.26 Å². The number of nitrogens with one attached hydrogen (secondary N) is 3. The Hall–Kier alpha value is -2.02. The number of amides is 1. The number of hydrogen-bond donors (Lipinski definition) is 3. The maximum absolute atomic E-state index is 11.7. The first kappa shape index (κ1) is 19.3. The summed E-state index contributed by atoms with van der Waals surface area (Å²) in [6, 6.07) is 4.07. The van der Waals surface area contributed by atoms with Crippen LogP contribution < -0.4 is 16.0 Å². The van der Waals surface area contributed by atoms with Crippen LogP contribution in [0.4, 0.5) is 0 Å². The maximum Gasteiger partial charge on any atom is 0.287 e. The highest BCUT2D eigenvalue weighted by atomic mass is 16.3. The summed E-state index contributed by atoms with van der Waals surface area (Å²) in [6.07, 6.45) is 6.69. The summed E-state index contributed by atoms with van der Waals surface area (Å²) in [5, 5.41) is 9.35. The van der Waals surface area contributed by atoms with Gasteiger partial charge in [-0.3, -0.25) is 14.7 Å². The second-order valence-corrected chi connectivity index (χ2v) is 6.25. The molecule has 1 aromatic rings. The summed E-state index contributed by atoms with van der Waals surface area (Å²) in [7, 11) is 1.76. The summed E-state index contributed by atoms with van der Waals surface area (Å²) >= 11 is 0. The van der Waals surface area contributed by atoms with Gasteiger partial charge in [0.1, 0.15) is 0 Å². The van der Waals surface area contributed by atoms with E-state index in [-0.39, 0.29) is 5.91 Å². The molecule has 1 amide bonds. The van der Waals surface area contributed by atoms with Crippen molar-refractivity contribution in [1.29, 1.82) is 0 Å². The van der Waals surface area contributed by atoms with Crippen LogP contribution in [-0.2, 0) is 0 Å². The Morgan fingerprint density at radius 1 is 1.28 bits per heavy atom. The van der Waals surface area contributed by atoms with E-state index in [1.807, 2.05) is 0 Å². The van der Waals surface area contributed by atoms with E-state index in [2.05, 4.69) is 32.8 Å². The van der Waals surface area contributed by atoms with Crippen LogP contribution in [0, 0.1) is 0 Å². The van der Waals surface area contributed by atoms with Gasteiger partial charge in [0.25, 0.3) is 5.91 Å². The second-order valence-electron chi connectivity index (χ2n) is 6.25. The maximum atomic E-state index is 11.7. The van der Waals surface area contributed by atoms with Crippen molar-refractivity contribution in [2.45, 2.75) is 38.6 Å². The summed E-state index contributed by atoms with van der Waals surface area (Å²) in [5.74, 6) is 0.886. The van der Waals surface area contributed by atoms with E-state index in [0.717, 1.165) is 25.1 Å². The van der Waals surface area contributed by atoms with E-state index in [0.29, 0.717) is 18.8 Å². The molecule has 1 aliphatic rings. The Morgan fingerprint density at radius 3 is 2.80 bits per heavy atom. The molecule has 0 radical (unpaired) electrons. The Labute approximate surface area is 150 Å². The number of carbonyl (C=O) groups is 1. The molecule has 7 heteroatoms. The Balaban J connectivity index is 1.59. The number of hydrogen-bond acceptors (Lipinski definition) is 4. The van der Waals surface area contributed by atoms with Crippen molar-refractivity contribution >= 4 is 11.9 Å². The highest BCUT2D eigenvalue weighted by Gasteiger charge is 2.19. The van der Waals surface area contributed by atoms with Crippen molar-refractivity contribution in [3.05, 3.63) is 24.2 Å². The molecule has 140 valence electrons. The average molecular weight is 349 g/mol. The molecule has 1 saturated heterocycles. The molecule has 1 unspecified atom stereocenters. The fourth-order valence-corrected chi connectivity index (χ4v) is 3.21. The van der Waals surface area contributed by atoms with Crippen molar-refractivity contribution in [3.63, 3.8) is 0 Å². The first-order valence-corrected chi connectivity index (χ1v) is 9.25. The highest BCUT2D eigenvalue weighted by molar-refractivity contribution is 5.91. The lowest BCUT2D eigenvalue weighted by Crippen LogP contribution is -2.46. The van der Waals surface area contributed by atoms with Crippen LogP contribution in [0.15, 0.2) is 27.8 Å². The SMILES string of the molecule is CCC1CCCCN1CCNC(=NC)NCCNC(=O)c1ccco1. The first-order chi connectivity index (χ1) is 12.2. The number of piperidine rings is 1. The molecule has 1 aromatic heterocycles. The van der Waals surface area contributed by atoms with Crippen molar-refractivity contribution in [2.24, 2.45) is 4.99 Å². The lowest BCUT2D eigenvalue weighted by molar-refractivity contribution is 0.0926. The van der Waals surface area contributed by atoms with E-state index in [9.17, 15) is 4.79 Å². The van der Waals surface area contributed by atoms with Crippen LogP contribution in [0.3, 0.4) is 0 Å². The van der Waals surface area contributed by atoms with Gasteiger partial charge in [-0.15, -0.1) is 0 Å². The molecular weight excluding hydrogens is 318 g/mol. The zero-order valence-corrected chi connectivity index (χ0v) is 15.4. The van der Waals surface area contributed by atoms with Gasteiger partial charge >= 0.3 is 0 Å². The number of likely N-dealkylation sites (tertiary alicyclic amines) is 1. The van der Waals surface area contributed by atoms with Gasteiger partial charge in [-0.05, 0) is 37.9 Å². The lowest BCUT2D eigenvalue weighted by atomic mass is 10.0. The molecule has 7 nitrogen and oxygen atoms in total. The van der Waals surface area contributed by atoms with Gasteiger partial charge in [-0.25, -0.2) is 0 Å². The smallest absolute Gasteiger partial charge is 0.287 e. The fraction of sp³-hybridized carbons (Fsp3) is 0.667. The van der Waals surface area contributed by atoms with Gasteiger partial charge in [0.15, 0.2) is 11.7 Å². The third-order valence-electron chi connectivity index (χ3n) is 4.58. The van der Waals surface area contributed by atoms with E-state index >= 15 is 0 Å². The molecule has 3 N–H and O–H groups in total. The van der Waals surface area contributed by atoms with Crippen molar-refractivity contribution in [1.82, 2.24) is 20.9 Å². The van der Waals surface area contributed by atoms with Crippen LogP contribution in [-0.4, -0.2) is 62.6 Å². The van der Waals surface area contributed by atoms with Crippen molar-refractivity contribution in [3.8, 4) is 0 Å². The molecule has 25 heavy (non-hydrogen) atoms. The first-order valence-electron chi connectivity index (χ1n) is 9.25. The third-order valence-corrected chi connectivity index (χ3v) is 4.58. The minimum absolute atomic E-state index is 0.203. The third kappa shape index (κ3) is 6.42. The molecule has 0 aromatic carbocycles. The summed E-state index contributed by atoms with van der Waals surface area (Å²) in [5.41, 5.74) is 0. The van der Waals surface area contributed by atoms with Crippen LogP contribution in [0.1, 0.15) is 43.2 Å². The lowest BCUT2D eigenvalue weighted by Gasteiger charge is -2.35. The molecule has 0 aliphatic carbocycles. The highest BCUT2D eigenvalue weighted by Crippen LogP contribution is 2.18. The Kier molecular flexibility index (Phi) is 8.31. The number of nitrogens with zero attached hydrogens (tertiary/aromatic N) is 2. The largest absolute Gasteiger partial charge is 0.459 e. The fourth-order valence-electron chi connectivity index (χ4n) is 3.21. The molecule has 2 rings (SSSR count). The van der Waals surface area contributed by atoms with Gasteiger partial charge in [0.2, 0.25) is 0 Å². The standard InChI is InChI=1S/C18H31N5O2/c1-3-15-7-4-5-12-23(15)13-11-22-18(19-2)21-10-9-20-17(24)16-8-6-14-25-16/h6,8,14-15H,3-5,7,9-13H2,1-2H3,(H,20,24)(H2,19,21,22).